The lowest BCUT2D eigenvalue weighted by molar-refractivity contribution is -0.142. The van der Waals surface area contributed by atoms with E-state index in [1.54, 1.807) is 0 Å². The topological polar surface area (TPSA) is 26.3 Å². The second kappa shape index (κ2) is 13.4. The van der Waals surface area contributed by atoms with E-state index < -0.39 is 6.69 Å². The number of rotatable bonds is 14. The van der Waals surface area contributed by atoms with Crippen molar-refractivity contribution < 1.29 is 9.53 Å². The Morgan fingerprint density at radius 3 is 2.09 bits per heavy atom. The van der Waals surface area contributed by atoms with Gasteiger partial charge in [0.05, 0.1) is 6.10 Å². The van der Waals surface area contributed by atoms with Gasteiger partial charge in [0.1, 0.15) is 0 Å². The number of unbranched alkanes of at least 4 members (excludes halogenated alkanes) is 7. The molecule has 0 N–H and O–H groups in total. The van der Waals surface area contributed by atoms with Crippen molar-refractivity contribution in [2.24, 2.45) is 0 Å². The number of ether oxygens (including phenoxy) is 1. The molecule has 0 spiro atoms. The summed E-state index contributed by atoms with van der Waals surface area (Å²) in [6.45, 7) is 5.54. The second-order valence-electron chi connectivity index (χ2n) is 6.03. The van der Waals surface area contributed by atoms with E-state index in [0.717, 1.165) is 24.9 Å². The fourth-order valence-corrected chi connectivity index (χ4v) is 4.28. The first-order chi connectivity index (χ1) is 10.4. The van der Waals surface area contributed by atoms with Gasteiger partial charge < -0.3 is 4.74 Å². The number of hydrogen-bond acceptors (Lipinski definition) is 2. The first-order valence-electron chi connectivity index (χ1n) is 8.62. The Kier molecular flexibility index (Phi) is 13.5. The molecule has 0 aliphatic rings. The van der Waals surface area contributed by atoms with Gasteiger partial charge >= 0.3 is 5.97 Å². The summed E-state index contributed by atoms with van der Waals surface area (Å²) in [4.78, 5) is 11.0. The zero-order valence-corrected chi connectivity index (χ0v) is 16.7. The van der Waals surface area contributed by atoms with Gasteiger partial charge in [0, 0.05) is 6.08 Å². The molecule has 22 heavy (non-hydrogen) atoms. The van der Waals surface area contributed by atoms with Crippen LogP contribution in [0.1, 0.15) is 71.6 Å². The standard InChI is InChI=1S/C17H32Cl2O2Si/c1-4-17(20)21-16(3)14-12-10-8-6-7-9-11-13-15-22(18,19)5-2/h4,16H,1,5-15H2,2-3H3. The van der Waals surface area contributed by atoms with Crippen LogP contribution in [-0.4, -0.2) is 18.8 Å². The summed E-state index contributed by atoms with van der Waals surface area (Å²) in [5.74, 6) is -0.323. The molecule has 0 aromatic heterocycles. The Morgan fingerprint density at radius 2 is 1.59 bits per heavy atom. The highest BCUT2D eigenvalue weighted by Crippen LogP contribution is 2.27. The highest BCUT2D eigenvalue weighted by atomic mass is 35.7. The summed E-state index contributed by atoms with van der Waals surface area (Å²) >= 11 is 12.5. The molecular formula is C17H32Cl2O2Si. The molecule has 0 aromatic rings. The highest BCUT2D eigenvalue weighted by Gasteiger charge is 2.24. The van der Waals surface area contributed by atoms with Crippen molar-refractivity contribution in [3.63, 3.8) is 0 Å². The summed E-state index contributed by atoms with van der Waals surface area (Å²) in [5, 5.41) is 0. The largest absolute Gasteiger partial charge is 0.460 e. The van der Waals surface area contributed by atoms with E-state index in [1.807, 2.05) is 6.92 Å². The molecule has 130 valence electrons. The maximum absolute atomic E-state index is 11.0. The van der Waals surface area contributed by atoms with Gasteiger partial charge in [-0.3, -0.25) is 0 Å². The van der Waals surface area contributed by atoms with Crippen LogP contribution in [0.4, 0.5) is 0 Å². The Labute approximate surface area is 147 Å². The minimum absolute atomic E-state index is 0.000366. The molecule has 0 heterocycles. The van der Waals surface area contributed by atoms with Gasteiger partial charge in [-0.05, 0) is 31.9 Å². The van der Waals surface area contributed by atoms with Gasteiger partial charge in [-0.25, -0.2) is 4.79 Å². The minimum atomic E-state index is -1.89. The van der Waals surface area contributed by atoms with Crippen LogP contribution < -0.4 is 0 Å². The molecule has 0 fully saturated rings. The molecule has 5 heteroatoms. The zero-order chi connectivity index (χ0) is 16.8. The SMILES string of the molecule is C=CC(=O)OC(C)CCCCCCCCCC[Si](Cl)(Cl)CC. The minimum Gasteiger partial charge on any atom is -0.460 e. The van der Waals surface area contributed by atoms with Crippen LogP contribution in [0.3, 0.4) is 0 Å². The van der Waals surface area contributed by atoms with Crippen LogP contribution in [0.15, 0.2) is 12.7 Å². The van der Waals surface area contributed by atoms with Gasteiger partial charge in [0.2, 0.25) is 0 Å². The Bertz CT molecular complexity index is 309. The van der Waals surface area contributed by atoms with Crippen LogP contribution >= 0.6 is 22.2 Å². The predicted octanol–water partition coefficient (Wildman–Crippen LogP) is 6.55. The highest BCUT2D eigenvalue weighted by molar-refractivity contribution is 7.45. The van der Waals surface area contributed by atoms with Gasteiger partial charge in [0.25, 0.3) is 6.69 Å². The smallest absolute Gasteiger partial charge is 0.330 e. The Hall–Kier alpha value is 0.00688. The monoisotopic (exact) mass is 366 g/mol. The van der Waals surface area contributed by atoms with E-state index in [0.29, 0.717) is 0 Å². The van der Waals surface area contributed by atoms with Crippen LogP contribution in [0.2, 0.25) is 12.1 Å². The lowest BCUT2D eigenvalue weighted by Crippen LogP contribution is -2.16. The van der Waals surface area contributed by atoms with Crippen LogP contribution in [0.5, 0.6) is 0 Å². The van der Waals surface area contributed by atoms with Crippen LogP contribution in [0, 0.1) is 0 Å². The molecular weight excluding hydrogens is 335 g/mol. The molecule has 0 aliphatic carbocycles. The molecule has 0 amide bonds. The molecule has 0 rings (SSSR count). The second-order valence-corrected chi connectivity index (χ2v) is 13.9. The maximum atomic E-state index is 11.0. The molecule has 1 atom stereocenters. The molecule has 1 unspecified atom stereocenters. The summed E-state index contributed by atoms with van der Waals surface area (Å²) < 4.78 is 5.13. The summed E-state index contributed by atoms with van der Waals surface area (Å²) in [7, 11) is 0. The molecule has 0 saturated heterocycles. The average molecular weight is 367 g/mol. The van der Waals surface area contributed by atoms with Crippen molar-refractivity contribution in [1.82, 2.24) is 0 Å². The first-order valence-corrected chi connectivity index (χ1v) is 13.1. The normalized spacial score (nSPS) is 12.9. The van der Waals surface area contributed by atoms with Crippen molar-refractivity contribution in [2.75, 3.05) is 0 Å². The third kappa shape index (κ3) is 13.7. The molecule has 0 aromatic carbocycles. The number of carbonyl (C=O) groups excluding carboxylic acids is 1. The zero-order valence-electron chi connectivity index (χ0n) is 14.2. The van der Waals surface area contributed by atoms with Crippen LogP contribution in [0.25, 0.3) is 0 Å². The number of carbonyl (C=O) groups is 1. The molecule has 0 aliphatic heterocycles. The fourth-order valence-electron chi connectivity index (χ4n) is 2.36. The van der Waals surface area contributed by atoms with E-state index in [1.165, 1.54) is 51.0 Å². The third-order valence-corrected chi connectivity index (χ3v) is 8.76. The third-order valence-electron chi connectivity index (χ3n) is 3.90. The molecule has 0 bridgehead atoms. The van der Waals surface area contributed by atoms with Gasteiger partial charge in [-0.15, -0.1) is 22.2 Å². The summed E-state index contributed by atoms with van der Waals surface area (Å²) in [6.07, 6.45) is 12.1. The number of hydrogen-bond donors (Lipinski definition) is 0. The molecule has 2 nitrogen and oxygen atoms in total. The Balaban J connectivity index is 3.30. The lowest BCUT2D eigenvalue weighted by atomic mass is 10.1. The quantitative estimate of drug-likeness (QED) is 0.114. The molecule has 0 saturated carbocycles. The van der Waals surface area contributed by atoms with E-state index >= 15 is 0 Å². The predicted molar refractivity (Wildman–Crippen MR) is 100 cm³/mol. The lowest BCUT2D eigenvalue weighted by Gasteiger charge is -2.13. The van der Waals surface area contributed by atoms with Crippen molar-refractivity contribution in [1.29, 1.82) is 0 Å². The average Bonchev–Trinajstić information content (AvgIpc) is 2.48. The summed E-state index contributed by atoms with van der Waals surface area (Å²) in [6, 6.07) is 1.99. The van der Waals surface area contributed by atoms with E-state index in [2.05, 4.69) is 13.5 Å². The van der Waals surface area contributed by atoms with Gasteiger partial charge in [-0.1, -0.05) is 58.4 Å². The number of halogens is 2. The van der Waals surface area contributed by atoms with E-state index in [-0.39, 0.29) is 12.1 Å². The number of esters is 1. The van der Waals surface area contributed by atoms with Crippen molar-refractivity contribution in [3.05, 3.63) is 12.7 Å². The summed E-state index contributed by atoms with van der Waals surface area (Å²) in [5.41, 5.74) is 0. The van der Waals surface area contributed by atoms with Crippen molar-refractivity contribution in [2.45, 2.75) is 89.8 Å². The molecule has 0 radical (unpaired) electrons. The van der Waals surface area contributed by atoms with Crippen molar-refractivity contribution in [3.8, 4) is 0 Å². The Morgan fingerprint density at radius 1 is 1.09 bits per heavy atom. The van der Waals surface area contributed by atoms with Gasteiger partial charge in [-0.2, -0.15) is 0 Å². The first kappa shape index (κ1) is 22.0. The van der Waals surface area contributed by atoms with E-state index in [9.17, 15) is 4.79 Å². The van der Waals surface area contributed by atoms with Gasteiger partial charge in [0.15, 0.2) is 0 Å². The van der Waals surface area contributed by atoms with E-state index in [4.69, 9.17) is 26.9 Å². The maximum Gasteiger partial charge on any atom is 0.330 e. The van der Waals surface area contributed by atoms with Crippen LogP contribution in [-0.2, 0) is 9.53 Å². The fraction of sp³-hybridized carbons (Fsp3) is 0.824. The van der Waals surface area contributed by atoms with Crippen molar-refractivity contribution >= 4 is 34.8 Å².